The molecule has 1 saturated carbocycles. The van der Waals surface area contributed by atoms with E-state index in [2.05, 4.69) is 0 Å². The molecule has 3 atom stereocenters. The number of nitrogens with zero attached hydrogens (tertiary/aromatic N) is 1. The van der Waals surface area contributed by atoms with Crippen molar-refractivity contribution in [3.8, 4) is 0 Å². The number of carbonyl (C=O) groups excluding carboxylic acids is 1. The van der Waals surface area contributed by atoms with Crippen LogP contribution in [0, 0.1) is 5.92 Å². The van der Waals surface area contributed by atoms with Gasteiger partial charge in [0, 0.05) is 12.3 Å². The summed E-state index contributed by atoms with van der Waals surface area (Å²) in [6.45, 7) is 2.72. The van der Waals surface area contributed by atoms with Crippen LogP contribution in [0.2, 0.25) is 0 Å². The van der Waals surface area contributed by atoms with Crippen molar-refractivity contribution in [3.05, 3.63) is 0 Å². The van der Waals surface area contributed by atoms with Crippen molar-refractivity contribution in [1.82, 2.24) is 4.90 Å². The number of aliphatic carboxylic acids is 1. The predicted octanol–water partition coefficient (Wildman–Crippen LogP) is 1.05. The maximum absolute atomic E-state index is 12.8. The fraction of sp³-hybridized carbons (Fsp3) is 0.857. The number of carboxylic acids is 1. The van der Waals surface area contributed by atoms with Crippen LogP contribution in [0.25, 0.3) is 0 Å². The first kappa shape index (κ1) is 16.3. The highest BCUT2D eigenvalue weighted by molar-refractivity contribution is 7.92. The maximum atomic E-state index is 12.8. The Morgan fingerprint density at radius 2 is 1.76 bits per heavy atom. The zero-order valence-corrected chi connectivity index (χ0v) is 13.5. The summed E-state index contributed by atoms with van der Waals surface area (Å²) in [5.74, 6) is -1.44. The molecule has 6 nitrogen and oxygen atoms in total. The Morgan fingerprint density at radius 1 is 1.19 bits per heavy atom. The van der Waals surface area contributed by atoms with Crippen LogP contribution in [0.1, 0.15) is 46.0 Å². The summed E-state index contributed by atoms with van der Waals surface area (Å²) in [7, 11) is -3.61. The van der Waals surface area contributed by atoms with E-state index in [1.165, 1.54) is 18.7 Å². The number of hydrogen-bond acceptors (Lipinski definition) is 4. The third-order valence-electron chi connectivity index (χ3n) is 5.05. The number of hydrogen-bond donors (Lipinski definition) is 1. The molecule has 0 bridgehead atoms. The van der Waals surface area contributed by atoms with Crippen molar-refractivity contribution < 1.29 is 23.1 Å². The Labute approximate surface area is 125 Å². The van der Waals surface area contributed by atoms with Crippen LogP contribution in [0.5, 0.6) is 0 Å². The molecule has 1 heterocycles. The van der Waals surface area contributed by atoms with Gasteiger partial charge in [-0.2, -0.15) is 0 Å². The van der Waals surface area contributed by atoms with Gasteiger partial charge in [0.2, 0.25) is 5.91 Å². The van der Waals surface area contributed by atoms with Gasteiger partial charge in [0.15, 0.2) is 9.84 Å². The van der Waals surface area contributed by atoms with Crippen LogP contribution in [0.3, 0.4) is 0 Å². The summed E-state index contributed by atoms with van der Waals surface area (Å²) in [5.41, 5.74) is 0. The molecule has 1 saturated heterocycles. The van der Waals surface area contributed by atoms with Gasteiger partial charge >= 0.3 is 5.97 Å². The number of fused-ring (bicyclic) bond motifs is 1. The number of rotatable bonds is 3. The zero-order valence-electron chi connectivity index (χ0n) is 12.7. The van der Waals surface area contributed by atoms with Crippen molar-refractivity contribution in [2.24, 2.45) is 5.92 Å². The minimum absolute atomic E-state index is 0.131. The summed E-state index contributed by atoms with van der Waals surface area (Å²) in [4.78, 5) is 25.6. The largest absolute Gasteiger partial charge is 0.480 e. The molecule has 0 spiro atoms. The summed E-state index contributed by atoms with van der Waals surface area (Å²) >= 11 is 0. The predicted molar refractivity (Wildman–Crippen MR) is 77.6 cm³/mol. The van der Waals surface area contributed by atoms with Gasteiger partial charge in [-0.25, -0.2) is 13.2 Å². The smallest absolute Gasteiger partial charge is 0.326 e. The van der Waals surface area contributed by atoms with Crippen molar-refractivity contribution >= 4 is 21.7 Å². The van der Waals surface area contributed by atoms with Gasteiger partial charge in [-0.15, -0.1) is 0 Å². The molecule has 0 aromatic rings. The monoisotopic (exact) mass is 317 g/mol. The third kappa shape index (κ3) is 2.67. The molecule has 2 fully saturated rings. The fourth-order valence-electron chi connectivity index (χ4n) is 3.44. The van der Waals surface area contributed by atoms with Crippen LogP contribution < -0.4 is 0 Å². The first-order chi connectivity index (χ1) is 9.57. The van der Waals surface area contributed by atoms with Crippen LogP contribution in [-0.2, 0) is 19.4 Å². The number of likely N-dealkylation sites (tertiary alicyclic amines) is 1. The molecule has 1 N–H and O–H groups in total. The first-order valence-electron chi connectivity index (χ1n) is 7.32. The second kappa shape index (κ2) is 5.26. The van der Waals surface area contributed by atoms with E-state index in [0.29, 0.717) is 6.42 Å². The summed E-state index contributed by atoms with van der Waals surface area (Å²) < 4.78 is 22.2. The lowest BCUT2D eigenvalue weighted by Crippen LogP contribution is -2.56. The van der Waals surface area contributed by atoms with Gasteiger partial charge < -0.3 is 10.0 Å². The highest BCUT2D eigenvalue weighted by Gasteiger charge is 2.52. The van der Waals surface area contributed by atoms with Gasteiger partial charge in [-0.1, -0.05) is 12.8 Å². The molecule has 21 heavy (non-hydrogen) atoms. The molecule has 120 valence electrons. The number of carboxylic acid groups (broad SMARTS) is 1. The Bertz CT molecular complexity index is 554. The van der Waals surface area contributed by atoms with Crippen LogP contribution in [-0.4, -0.2) is 53.4 Å². The molecule has 1 aliphatic carbocycles. The normalized spacial score (nSPS) is 30.0. The molecule has 0 radical (unpaired) electrons. The molecular formula is C14H23NO5S. The summed E-state index contributed by atoms with van der Waals surface area (Å²) in [5, 5.41) is 9.40. The molecular weight excluding hydrogens is 294 g/mol. The van der Waals surface area contributed by atoms with Gasteiger partial charge in [0.1, 0.15) is 10.8 Å². The van der Waals surface area contributed by atoms with Gasteiger partial charge in [0.05, 0.1) is 0 Å². The summed E-state index contributed by atoms with van der Waals surface area (Å²) in [6, 6.07) is -1.03. The first-order valence-corrected chi connectivity index (χ1v) is 9.21. The summed E-state index contributed by atoms with van der Waals surface area (Å²) in [6.07, 6.45) is 5.14. The topological polar surface area (TPSA) is 91.8 Å². The van der Waals surface area contributed by atoms with E-state index in [1.54, 1.807) is 0 Å². The average molecular weight is 317 g/mol. The maximum Gasteiger partial charge on any atom is 0.326 e. The standard InChI is InChI=1S/C14H23NO5S/c1-14(2,21(3,19)20)13(18)15-10-7-5-4-6-9(10)8-11(15)12(16)17/h9-11H,4-8H2,1-3H3,(H,16,17). The van der Waals surface area contributed by atoms with Crippen LogP contribution in [0.4, 0.5) is 0 Å². The van der Waals surface area contributed by atoms with Crippen molar-refractivity contribution in [1.29, 1.82) is 0 Å². The van der Waals surface area contributed by atoms with E-state index in [9.17, 15) is 23.1 Å². The van der Waals surface area contributed by atoms with E-state index in [0.717, 1.165) is 31.9 Å². The van der Waals surface area contributed by atoms with Crippen molar-refractivity contribution in [2.75, 3.05) is 6.26 Å². The van der Waals surface area contributed by atoms with Gasteiger partial charge in [0.25, 0.3) is 0 Å². The fourth-order valence-corrected chi connectivity index (χ4v) is 3.86. The molecule has 3 unspecified atom stereocenters. The van der Waals surface area contributed by atoms with E-state index in [-0.39, 0.29) is 12.0 Å². The van der Waals surface area contributed by atoms with Crippen LogP contribution in [0.15, 0.2) is 0 Å². The molecule has 1 aliphatic heterocycles. The lowest BCUT2D eigenvalue weighted by Gasteiger charge is -2.37. The highest BCUT2D eigenvalue weighted by atomic mass is 32.2. The third-order valence-corrected chi connectivity index (χ3v) is 7.08. The van der Waals surface area contributed by atoms with E-state index < -0.39 is 32.5 Å². The molecule has 0 aromatic carbocycles. The highest BCUT2D eigenvalue weighted by Crippen LogP contribution is 2.41. The second-order valence-electron chi connectivity index (χ2n) is 6.70. The molecule has 2 aliphatic rings. The van der Waals surface area contributed by atoms with E-state index in [1.807, 2.05) is 0 Å². The Kier molecular flexibility index (Phi) is 4.08. The van der Waals surface area contributed by atoms with Crippen molar-refractivity contribution in [2.45, 2.75) is 62.8 Å². The zero-order chi connectivity index (χ0) is 16.0. The Morgan fingerprint density at radius 3 is 2.29 bits per heavy atom. The minimum atomic E-state index is -3.61. The molecule has 2 rings (SSSR count). The van der Waals surface area contributed by atoms with Gasteiger partial charge in [-0.05, 0) is 39.0 Å². The number of sulfone groups is 1. The lowest BCUT2D eigenvalue weighted by molar-refractivity contribution is -0.150. The SMILES string of the molecule is CC(C)(C(=O)N1C(C(=O)O)CC2CCCCC21)S(C)(=O)=O. The molecule has 7 heteroatoms. The number of amides is 1. The van der Waals surface area contributed by atoms with E-state index in [4.69, 9.17) is 0 Å². The van der Waals surface area contributed by atoms with Crippen LogP contribution >= 0.6 is 0 Å². The molecule has 1 amide bonds. The quantitative estimate of drug-likeness (QED) is 0.840. The van der Waals surface area contributed by atoms with Crippen molar-refractivity contribution in [3.63, 3.8) is 0 Å². The second-order valence-corrected chi connectivity index (χ2v) is 9.26. The average Bonchev–Trinajstić information content (AvgIpc) is 2.75. The van der Waals surface area contributed by atoms with E-state index >= 15 is 0 Å². The number of carbonyl (C=O) groups is 2. The molecule has 0 aromatic heterocycles. The minimum Gasteiger partial charge on any atom is -0.480 e. The Hall–Kier alpha value is -1.11. The lowest BCUT2D eigenvalue weighted by atomic mass is 9.84. The van der Waals surface area contributed by atoms with Gasteiger partial charge in [-0.3, -0.25) is 4.79 Å². The Balaban J connectivity index is 2.38.